The van der Waals surface area contributed by atoms with Gasteiger partial charge in [0.05, 0.1) is 12.6 Å². The molecule has 1 heterocycles. The Morgan fingerprint density at radius 1 is 1.32 bits per heavy atom. The maximum atomic E-state index is 11.7. The molecule has 1 rings (SSSR count). The molecule has 1 atom stereocenters. The highest BCUT2D eigenvalue weighted by Crippen LogP contribution is 2.22. The van der Waals surface area contributed by atoms with Crippen molar-refractivity contribution >= 4 is 40.9 Å². The maximum absolute atomic E-state index is 11.7. The van der Waals surface area contributed by atoms with Gasteiger partial charge in [-0.05, 0) is 5.92 Å². The standard InChI is InChI=1S/C13H23N5O2S.ClH/c1-7(2)9(14)10(20)15-6-8(19)16-12-17-11(18-21-12)13(3,4)5;/h7,9H,6,14H2,1-5H3,(H,15,20)(H,16,17,18,19);1H/t9-;/m0./s1. The number of aromatic nitrogens is 2. The van der Waals surface area contributed by atoms with Crippen LogP contribution in [0.15, 0.2) is 0 Å². The van der Waals surface area contributed by atoms with E-state index >= 15 is 0 Å². The molecule has 0 saturated carbocycles. The molecular weight excluding hydrogens is 326 g/mol. The zero-order valence-corrected chi connectivity index (χ0v) is 15.1. The summed E-state index contributed by atoms with van der Waals surface area (Å²) in [7, 11) is 0. The number of anilines is 1. The number of amides is 2. The fourth-order valence-electron chi connectivity index (χ4n) is 1.33. The van der Waals surface area contributed by atoms with Crippen LogP contribution in [0.2, 0.25) is 0 Å². The van der Waals surface area contributed by atoms with Gasteiger partial charge in [-0.25, -0.2) is 4.98 Å². The second-order valence-corrected chi connectivity index (χ2v) is 6.96. The Morgan fingerprint density at radius 2 is 1.91 bits per heavy atom. The highest BCUT2D eigenvalue weighted by molar-refractivity contribution is 7.09. The van der Waals surface area contributed by atoms with Crippen LogP contribution in [0.3, 0.4) is 0 Å². The van der Waals surface area contributed by atoms with E-state index in [1.165, 1.54) is 0 Å². The fraction of sp³-hybridized carbons (Fsp3) is 0.692. The van der Waals surface area contributed by atoms with Crippen LogP contribution in [-0.4, -0.2) is 33.8 Å². The average molecular weight is 350 g/mol. The predicted octanol–water partition coefficient (Wildman–Crippen LogP) is 1.30. The number of hydrogen-bond acceptors (Lipinski definition) is 6. The minimum atomic E-state index is -0.619. The second-order valence-electron chi connectivity index (χ2n) is 6.21. The molecule has 0 spiro atoms. The Balaban J connectivity index is 0.00000441. The van der Waals surface area contributed by atoms with Crippen molar-refractivity contribution in [3.63, 3.8) is 0 Å². The van der Waals surface area contributed by atoms with Gasteiger partial charge in [0.15, 0.2) is 0 Å². The van der Waals surface area contributed by atoms with Crippen molar-refractivity contribution in [1.82, 2.24) is 14.7 Å². The number of carbonyl (C=O) groups is 2. The monoisotopic (exact) mass is 349 g/mol. The first-order valence-electron chi connectivity index (χ1n) is 6.78. The van der Waals surface area contributed by atoms with Gasteiger partial charge in [0.25, 0.3) is 0 Å². The molecule has 0 aliphatic carbocycles. The van der Waals surface area contributed by atoms with Crippen LogP contribution in [0, 0.1) is 5.92 Å². The van der Waals surface area contributed by atoms with E-state index in [-0.39, 0.29) is 42.1 Å². The number of halogens is 1. The first-order valence-corrected chi connectivity index (χ1v) is 7.56. The van der Waals surface area contributed by atoms with Crippen LogP contribution >= 0.6 is 23.9 Å². The van der Waals surface area contributed by atoms with E-state index < -0.39 is 6.04 Å². The number of nitrogens with one attached hydrogen (secondary N) is 2. The summed E-state index contributed by atoms with van der Waals surface area (Å²) in [5, 5.41) is 5.53. The topological polar surface area (TPSA) is 110 Å². The van der Waals surface area contributed by atoms with Gasteiger partial charge >= 0.3 is 0 Å². The number of nitrogens with zero attached hydrogens (tertiary/aromatic N) is 2. The van der Waals surface area contributed by atoms with Crippen molar-refractivity contribution in [3.05, 3.63) is 5.82 Å². The van der Waals surface area contributed by atoms with Crippen LogP contribution < -0.4 is 16.4 Å². The van der Waals surface area contributed by atoms with Crippen molar-refractivity contribution in [1.29, 1.82) is 0 Å². The Kier molecular flexibility index (Phi) is 7.92. The Hall–Kier alpha value is -1.25. The highest BCUT2D eigenvalue weighted by atomic mass is 35.5. The molecule has 0 aliphatic heterocycles. The molecule has 0 unspecified atom stereocenters. The van der Waals surface area contributed by atoms with Crippen molar-refractivity contribution < 1.29 is 9.59 Å². The second kappa shape index (κ2) is 8.40. The quantitative estimate of drug-likeness (QED) is 0.742. The molecule has 4 N–H and O–H groups in total. The van der Waals surface area contributed by atoms with Gasteiger partial charge < -0.3 is 11.1 Å². The molecule has 0 saturated heterocycles. The third kappa shape index (κ3) is 6.25. The van der Waals surface area contributed by atoms with E-state index in [1.54, 1.807) is 0 Å². The van der Waals surface area contributed by atoms with E-state index in [4.69, 9.17) is 5.73 Å². The number of rotatable bonds is 5. The van der Waals surface area contributed by atoms with Crippen LogP contribution in [0.5, 0.6) is 0 Å². The molecule has 0 aromatic carbocycles. The third-order valence-electron chi connectivity index (χ3n) is 2.79. The Labute approximate surface area is 141 Å². The summed E-state index contributed by atoms with van der Waals surface area (Å²) in [5.74, 6) is 0.00272. The normalized spacial score (nSPS) is 12.5. The Morgan fingerprint density at radius 3 is 2.36 bits per heavy atom. The van der Waals surface area contributed by atoms with E-state index in [9.17, 15) is 9.59 Å². The van der Waals surface area contributed by atoms with Gasteiger partial charge in [0, 0.05) is 16.9 Å². The molecule has 0 bridgehead atoms. The largest absolute Gasteiger partial charge is 0.346 e. The van der Waals surface area contributed by atoms with Crippen LogP contribution in [-0.2, 0) is 15.0 Å². The first kappa shape index (κ1) is 20.8. The van der Waals surface area contributed by atoms with Crippen molar-refractivity contribution in [3.8, 4) is 0 Å². The van der Waals surface area contributed by atoms with Crippen molar-refractivity contribution in [2.45, 2.75) is 46.1 Å². The molecule has 1 aromatic heterocycles. The summed E-state index contributed by atoms with van der Waals surface area (Å²) in [5.41, 5.74) is 5.52. The highest BCUT2D eigenvalue weighted by Gasteiger charge is 2.21. The van der Waals surface area contributed by atoms with Crippen molar-refractivity contribution in [2.24, 2.45) is 11.7 Å². The Bertz CT molecular complexity index is 513. The molecule has 0 fully saturated rings. The average Bonchev–Trinajstić information content (AvgIpc) is 2.83. The van der Waals surface area contributed by atoms with E-state index in [1.807, 2.05) is 34.6 Å². The van der Waals surface area contributed by atoms with E-state index in [2.05, 4.69) is 20.0 Å². The van der Waals surface area contributed by atoms with Crippen LogP contribution in [0.4, 0.5) is 5.13 Å². The van der Waals surface area contributed by atoms with Gasteiger partial charge in [-0.1, -0.05) is 34.6 Å². The molecular formula is C13H24ClN5O2S. The number of hydrogen-bond donors (Lipinski definition) is 3. The van der Waals surface area contributed by atoms with Gasteiger partial charge in [0.1, 0.15) is 5.82 Å². The lowest BCUT2D eigenvalue weighted by Crippen LogP contribution is -2.46. The van der Waals surface area contributed by atoms with E-state index in [0.29, 0.717) is 11.0 Å². The number of carbonyl (C=O) groups excluding carboxylic acids is 2. The molecule has 0 aliphatic rings. The van der Waals surface area contributed by atoms with Gasteiger partial charge in [-0.3, -0.25) is 14.9 Å². The molecule has 7 nitrogen and oxygen atoms in total. The van der Waals surface area contributed by atoms with Gasteiger partial charge in [0.2, 0.25) is 16.9 Å². The molecule has 1 aromatic rings. The predicted molar refractivity (Wildman–Crippen MR) is 90.3 cm³/mol. The van der Waals surface area contributed by atoms with E-state index in [0.717, 1.165) is 11.5 Å². The third-order valence-corrected chi connectivity index (χ3v) is 3.42. The maximum Gasteiger partial charge on any atom is 0.245 e. The summed E-state index contributed by atoms with van der Waals surface area (Å²) in [6.07, 6.45) is 0. The smallest absolute Gasteiger partial charge is 0.245 e. The van der Waals surface area contributed by atoms with Crippen LogP contribution in [0.25, 0.3) is 0 Å². The molecule has 2 amide bonds. The summed E-state index contributed by atoms with van der Waals surface area (Å²) in [6, 6.07) is -0.619. The zero-order valence-electron chi connectivity index (χ0n) is 13.5. The lowest BCUT2D eigenvalue weighted by Gasteiger charge is -2.14. The fourth-order valence-corrected chi connectivity index (χ4v) is 2.10. The number of nitrogens with two attached hydrogens (primary N) is 1. The SMILES string of the molecule is CC(C)[C@H](N)C(=O)NCC(=O)Nc1nc(C(C)(C)C)ns1.Cl. The molecule has 126 valence electrons. The summed E-state index contributed by atoms with van der Waals surface area (Å²) in [6.45, 7) is 9.54. The van der Waals surface area contributed by atoms with Crippen molar-refractivity contribution in [2.75, 3.05) is 11.9 Å². The molecule has 0 radical (unpaired) electrons. The molecule has 9 heteroatoms. The summed E-state index contributed by atoms with van der Waals surface area (Å²) >= 11 is 1.12. The molecule has 22 heavy (non-hydrogen) atoms. The van der Waals surface area contributed by atoms with Crippen LogP contribution in [0.1, 0.15) is 40.4 Å². The van der Waals surface area contributed by atoms with Gasteiger partial charge in [-0.2, -0.15) is 4.37 Å². The zero-order chi connectivity index (χ0) is 16.2. The lowest BCUT2D eigenvalue weighted by atomic mass is 9.96. The lowest BCUT2D eigenvalue weighted by molar-refractivity contribution is -0.125. The summed E-state index contributed by atoms with van der Waals surface area (Å²) < 4.78 is 4.20. The first-order chi connectivity index (χ1) is 9.61. The minimum Gasteiger partial charge on any atom is -0.346 e. The van der Waals surface area contributed by atoms with Gasteiger partial charge in [-0.15, -0.1) is 12.4 Å². The summed E-state index contributed by atoms with van der Waals surface area (Å²) in [4.78, 5) is 27.6. The minimum absolute atomic E-state index is 0.